The number of ketones is 1. The van der Waals surface area contributed by atoms with Gasteiger partial charge in [-0.1, -0.05) is 36.4 Å². The van der Waals surface area contributed by atoms with E-state index in [0.29, 0.717) is 28.4 Å². The first-order valence-electron chi connectivity index (χ1n) is 8.38. The molecule has 0 aliphatic heterocycles. The lowest BCUT2D eigenvalue weighted by Gasteiger charge is -2.09. The quantitative estimate of drug-likeness (QED) is 0.464. The Hall–Kier alpha value is -3.80. The highest BCUT2D eigenvalue weighted by Gasteiger charge is 2.09. The van der Waals surface area contributed by atoms with Crippen molar-refractivity contribution < 1.29 is 28.6 Å². The topological polar surface area (TPSA) is 88.8 Å². The van der Waals surface area contributed by atoms with Gasteiger partial charge in [-0.2, -0.15) is 0 Å². The van der Waals surface area contributed by atoms with E-state index in [1.807, 2.05) is 12.1 Å². The van der Waals surface area contributed by atoms with Crippen LogP contribution in [0.5, 0.6) is 11.5 Å². The number of methoxy groups -OCH3 is 2. The fourth-order valence-electron chi connectivity index (χ4n) is 2.71. The van der Waals surface area contributed by atoms with Gasteiger partial charge >= 0.3 is 0 Å². The molecule has 0 bridgehead atoms. The molecule has 0 N–H and O–H groups in total. The summed E-state index contributed by atoms with van der Waals surface area (Å²) in [6.07, 6.45) is 3.11. The summed E-state index contributed by atoms with van der Waals surface area (Å²) in [5.74, 6) is -0.301. The van der Waals surface area contributed by atoms with Crippen molar-refractivity contribution in [3.8, 4) is 22.8 Å². The van der Waals surface area contributed by atoms with Gasteiger partial charge in [-0.15, -0.1) is 0 Å². The molecule has 3 rings (SSSR count). The molecule has 1 aromatic heterocycles. The van der Waals surface area contributed by atoms with Crippen LogP contribution in [0.2, 0.25) is 0 Å². The van der Waals surface area contributed by atoms with Crippen LogP contribution in [0.1, 0.15) is 26.5 Å². The van der Waals surface area contributed by atoms with Gasteiger partial charge in [0.25, 0.3) is 0 Å². The minimum atomic E-state index is -1.38. The fraction of sp³-hybridized carbons (Fsp3) is 0.0909. The van der Waals surface area contributed by atoms with Crippen molar-refractivity contribution in [3.63, 3.8) is 0 Å². The number of carboxylic acids is 1. The predicted molar refractivity (Wildman–Crippen MR) is 101 cm³/mol. The van der Waals surface area contributed by atoms with Crippen molar-refractivity contribution in [3.05, 3.63) is 77.6 Å². The molecule has 1 heterocycles. The molecule has 6 heteroatoms. The van der Waals surface area contributed by atoms with E-state index in [0.717, 1.165) is 5.56 Å². The van der Waals surface area contributed by atoms with Gasteiger partial charge < -0.3 is 23.8 Å². The zero-order valence-electron chi connectivity index (χ0n) is 15.3. The summed E-state index contributed by atoms with van der Waals surface area (Å²) in [5, 5.41) is 10.8. The highest BCUT2D eigenvalue weighted by atomic mass is 16.5. The largest absolute Gasteiger partial charge is 0.542 e. The molecule has 0 fully saturated rings. The van der Waals surface area contributed by atoms with Crippen LogP contribution in [0.4, 0.5) is 0 Å². The van der Waals surface area contributed by atoms with E-state index < -0.39 is 5.97 Å². The SMILES string of the molecule is COc1cccc(/C=C/C(=O)c2ccc(-c3ccc(C(=O)[O-])o3)cc2)c1OC. The smallest absolute Gasteiger partial charge is 0.185 e. The number of hydrogen-bond donors (Lipinski definition) is 0. The number of carbonyl (C=O) groups is 2. The number of hydrogen-bond acceptors (Lipinski definition) is 6. The zero-order chi connectivity index (χ0) is 20.1. The van der Waals surface area contributed by atoms with E-state index in [-0.39, 0.29) is 11.5 Å². The van der Waals surface area contributed by atoms with Crippen molar-refractivity contribution in [2.45, 2.75) is 0 Å². The Morgan fingerprint density at radius 3 is 2.32 bits per heavy atom. The van der Waals surface area contributed by atoms with Crippen LogP contribution in [-0.2, 0) is 0 Å². The van der Waals surface area contributed by atoms with Crippen LogP contribution >= 0.6 is 0 Å². The molecule has 0 saturated heterocycles. The maximum Gasteiger partial charge on any atom is 0.185 e. The maximum absolute atomic E-state index is 12.4. The Morgan fingerprint density at radius 1 is 0.964 bits per heavy atom. The molecule has 0 aliphatic rings. The molecule has 0 radical (unpaired) electrons. The Balaban J connectivity index is 1.78. The summed E-state index contributed by atoms with van der Waals surface area (Å²) >= 11 is 0. The van der Waals surface area contributed by atoms with Gasteiger partial charge in [-0.05, 0) is 30.4 Å². The average Bonchev–Trinajstić information content (AvgIpc) is 3.22. The number of carboxylic acid groups (broad SMARTS) is 1. The number of rotatable bonds is 7. The molecule has 0 aliphatic carbocycles. The minimum absolute atomic E-state index is 0.189. The maximum atomic E-state index is 12.4. The lowest BCUT2D eigenvalue weighted by Crippen LogP contribution is -2.21. The van der Waals surface area contributed by atoms with E-state index in [1.165, 1.54) is 25.3 Å². The second-order valence-corrected chi connectivity index (χ2v) is 5.81. The summed E-state index contributed by atoms with van der Waals surface area (Å²) in [6.45, 7) is 0. The van der Waals surface area contributed by atoms with Gasteiger partial charge in [0.2, 0.25) is 0 Å². The highest BCUT2D eigenvalue weighted by molar-refractivity contribution is 6.07. The van der Waals surface area contributed by atoms with Crippen LogP contribution in [0.25, 0.3) is 17.4 Å². The summed E-state index contributed by atoms with van der Waals surface area (Å²) in [4.78, 5) is 23.2. The molecule has 28 heavy (non-hydrogen) atoms. The first-order valence-corrected chi connectivity index (χ1v) is 8.38. The normalized spacial score (nSPS) is 10.8. The molecule has 0 atom stereocenters. The van der Waals surface area contributed by atoms with E-state index in [2.05, 4.69) is 0 Å². The Kier molecular flexibility index (Phi) is 5.60. The molecule has 0 spiro atoms. The Labute approximate surface area is 161 Å². The number of aromatic carboxylic acids is 1. The van der Waals surface area contributed by atoms with Gasteiger partial charge in [-0.25, -0.2) is 0 Å². The molecular weight excluding hydrogens is 360 g/mol. The van der Waals surface area contributed by atoms with E-state index >= 15 is 0 Å². The summed E-state index contributed by atoms with van der Waals surface area (Å²) in [7, 11) is 3.09. The van der Waals surface area contributed by atoms with Crippen LogP contribution in [0.3, 0.4) is 0 Å². The average molecular weight is 377 g/mol. The Morgan fingerprint density at radius 2 is 1.71 bits per heavy atom. The lowest BCUT2D eigenvalue weighted by molar-refractivity contribution is -0.257. The van der Waals surface area contributed by atoms with E-state index in [4.69, 9.17) is 13.9 Å². The van der Waals surface area contributed by atoms with Crippen molar-refractivity contribution in [1.82, 2.24) is 0 Å². The summed E-state index contributed by atoms with van der Waals surface area (Å²) in [5.41, 5.74) is 1.85. The number of para-hydroxylation sites is 1. The van der Waals surface area contributed by atoms with Crippen LogP contribution in [0, 0.1) is 0 Å². The van der Waals surface area contributed by atoms with E-state index in [9.17, 15) is 14.7 Å². The summed E-state index contributed by atoms with van der Waals surface area (Å²) < 4.78 is 15.8. The van der Waals surface area contributed by atoms with Crippen molar-refractivity contribution >= 4 is 17.8 Å². The van der Waals surface area contributed by atoms with Crippen LogP contribution < -0.4 is 14.6 Å². The van der Waals surface area contributed by atoms with Gasteiger partial charge in [-0.3, -0.25) is 4.79 Å². The predicted octanol–water partition coefficient (Wildman–Crippen LogP) is 3.22. The van der Waals surface area contributed by atoms with Gasteiger partial charge in [0.05, 0.1) is 14.2 Å². The highest BCUT2D eigenvalue weighted by Crippen LogP contribution is 2.31. The van der Waals surface area contributed by atoms with Crippen LogP contribution in [-0.4, -0.2) is 26.0 Å². The number of allylic oxidation sites excluding steroid dienone is 1. The number of ether oxygens (including phenoxy) is 2. The molecule has 0 saturated carbocycles. The Bertz CT molecular complexity index is 1030. The molecule has 2 aromatic carbocycles. The minimum Gasteiger partial charge on any atom is -0.542 e. The second-order valence-electron chi connectivity index (χ2n) is 5.81. The molecule has 0 unspecified atom stereocenters. The summed E-state index contributed by atoms with van der Waals surface area (Å²) in [6, 6.07) is 14.9. The van der Waals surface area contributed by atoms with Crippen molar-refractivity contribution in [1.29, 1.82) is 0 Å². The molecule has 0 amide bonds. The fourth-order valence-corrected chi connectivity index (χ4v) is 2.71. The third-order valence-electron chi connectivity index (χ3n) is 4.11. The lowest BCUT2D eigenvalue weighted by atomic mass is 10.1. The van der Waals surface area contributed by atoms with Crippen LogP contribution in [0.15, 0.2) is 65.1 Å². The third kappa shape index (κ3) is 3.96. The van der Waals surface area contributed by atoms with E-state index in [1.54, 1.807) is 43.5 Å². The third-order valence-corrected chi connectivity index (χ3v) is 4.11. The molecular formula is C22H17O6-. The second kappa shape index (κ2) is 8.26. The number of benzene rings is 2. The first-order chi connectivity index (χ1) is 13.5. The number of furan rings is 1. The standard InChI is InChI=1S/C22H18O6/c1-26-19-5-3-4-16(21(19)27-2)10-11-17(23)14-6-8-15(9-7-14)18-12-13-20(28-18)22(24)25/h3-13H,1-2H3,(H,24,25)/p-1/b11-10+. The molecule has 6 nitrogen and oxygen atoms in total. The monoisotopic (exact) mass is 377 g/mol. The molecule has 142 valence electrons. The zero-order valence-corrected chi connectivity index (χ0v) is 15.3. The number of carbonyl (C=O) groups excluding carboxylic acids is 2. The van der Waals surface area contributed by atoms with Gasteiger partial charge in [0.1, 0.15) is 17.5 Å². The van der Waals surface area contributed by atoms with Gasteiger partial charge in [0.15, 0.2) is 17.3 Å². The van der Waals surface area contributed by atoms with Gasteiger partial charge in [0, 0.05) is 16.7 Å². The molecule has 3 aromatic rings. The first kappa shape index (κ1) is 19.0. The van der Waals surface area contributed by atoms with Crippen molar-refractivity contribution in [2.24, 2.45) is 0 Å². The van der Waals surface area contributed by atoms with Crippen molar-refractivity contribution in [2.75, 3.05) is 14.2 Å².